The van der Waals surface area contributed by atoms with Crippen LogP contribution < -0.4 is 9.47 Å². The van der Waals surface area contributed by atoms with Crippen molar-refractivity contribution in [2.24, 2.45) is 0 Å². The molecule has 2 aromatic rings. The lowest BCUT2D eigenvalue weighted by molar-refractivity contribution is 0.206. The number of rotatable bonds is 6. The fourth-order valence-electron chi connectivity index (χ4n) is 2.55. The lowest BCUT2D eigenvalue weighted by Crippen LogP contribution is -2.31. The smallest absolute Gasteiger partial charge is 0.243 e. The van der Waals surface area contributed by atoms with Crippen molar-refractivity contribution in [3.63, 3.8) is 0 Å². The van der Waals surface area contributed by atoms with Gasteiger partial charge in [0, 0.05) is 18.9 Å². The lowest BCUT2D eigenvalue weighted by atomic mass is 10.3. The SMILES string of the molecule is CCOc1ccc(S(=O)(=O)N2CCC(Oc3cnccn3)C2)cc1. The van der Waals surface area contributed by atoms with Crippen molar-refractivity contribution < 1.29 is 17.9 Å². The summed E-state index contributed by atoms with van der Waals surface area (Å²) in [6, 6.07) is 6.47. The van der Waals surface area contributed by atoms with E-state index in [9.17, 15) is 8.42 Å². The van der Waals surface area contributed by atoms with Crippen LogP contribution in [0.3, 0.4) is 0 Å². The average molecular weight is 349 g/mol. The summed E-state index contributed by atoms with van der Waals surface area (Å²) < 4.78 is 37.9. The van der Waals surface area contributed by atoms with Crippen LogP contribution in [0.1, 0.15) is 13.3 Å². The molecule has 8 heteroatoms. The van der Waals surface area contributed by atoms with Crippen LogP contribution in [0.25, 0.3) is 0 Å². The molecule has 1 aliphatic rings. The van der Waals surface area contributed by atoms with Gasteiger partial charge < -0.3 is 9.47 Å². The van der Waals surface area contributed by atoms with E-state index in [-0.39, 0.29) is 11.0 Å². The Morgan fingerprint density at radius 1 is 1.25 bits per heavy atom. The molecule has 0 saturated carbocycles. The Kier molecular flexibility index (Phi) is 4.96. The van der Waals surface area contributed by atoms with Crippen molar-refractivity contribution in [1.29, 1.82) is 0 Å². The van der Waals surface area contributed by atoms with Gasteiger partial charge in [0.05, 0.1) is 24.2 Å². The molecule has 1 aromatic heterocycles. The maximum atomic E-state index is 12.7. The molecule has 1 aromatic carbocycles. The summed E-state index contributed by atoms with van der Waals surface area (Å²) in [6.45, 7) is 3.14. The molecule has 7 nitrogen and oxygen atoms in total. The highest BCUT2D eigenvalue weighted by Gasteiger charge is 2.33. The zero-order valence-electron chi connectivity index (χ0n) is 13.3. The number of hydrogen-bond acceptors (Lipinski definition) is 6. The van der Waals surface area contributed by atoms with Gasteiger partial charge in [-0.15, -0.1) is 0 Å². The maximum absolute atomic E-state index is 12.7. The zero-order chi connectivity index (χ0) is 17.0. The highest BCUT2D eigenvalue weighted by molar-refractivity contribution is 7.89. The summed E-state index contributed by atoms with van der Waals surface area (Å²) >= 11 is 0. The molecule has 0 N–H and O–H groups in total. The minimum atomic E-state index is -3.53. The second-order valence-electron chi connectivity index (χ2n) is 5.34. The van der Waals surface area contributed by atoms with Gasteiger partial charge in [0.1, 0.15) is 11.9 Å². The number of nitrogens with zero attached hydrogens (tertiary/aromatic N) is 3. The lowest BCUT2D eigenvalue weighted by Gasteiger charge is -2.17. The van der Waals surface area contributed by atoms with Crippen LogP contribution in [-0.2, 0) is 10.0 Å². The Labute approximate surface area is 141 Å². The van der Waals surface area contributed by atoms with Crippen LogP contribution in [0.5, 0.6) is 11.6 Å². The molecule has 1 saturated heterocycles. The van der Waals surface area contributed by atoms with Crippen molar-refractivity contribution in [2.75, 3.05) is 19.7 Å². The van der Waals surface area contributed by atoms with E-state index in [1.807, 2.05) is 6.92 Å². The van der Waals surface area contributed by atoms with Crippen molar-refractivity contribution in [2.45, 2.75) is 24.3 Å². The number of aromatic nitrogens is 2. The van der Waals surface area contributed by atoms with Gasteiger partial charge in [-0.3, -0.25) is 4.98 Å². The van der Waals surface area contributed by atoms with E-state index in [1.165, 1.54) is 10.5 Å². The molecule has 0 bridgehead atoms. The van der Waals surface area contributed by atoms with E-state index >= 15 is 0 Å². The minimum Gasteiger partial charge on any atom is -0.494 e. The fourth-order valence-corrected chi connectivity index (χ4v) is 4.04. The molecule has 0 aliphatic carbocycles. The van der Waals surface area contributed by atoms with E-state index < -0.39 is 10.0 Å². The van der Waals surface area contributed by atoms with E-state index in [0.29, 0.717) is 37.7 Å². The Morgan fingerprint density at radius 3 is 2.71 bits per heavy atom. The normalized spacial score (nSPS) is 18.5. The van der Waals surface area contributed by atoms with Gasteiger partial charge in [0.25, 0.3) is 0 Å². The fraction of sp³-hybridized carbons (Fsp3) is 0.375. The molecule has 3 rings (SSSR count). The summed E-state index contributed by atoms with van der Waals surface area (Å²) in [5.41, 5.74) is 0. The summed E-state index contributed by atoms with van der Waals surface area (Å²) in [6.07, 6.45) is 5.01. The molecule has 1 fully saturated rings. The van der Waals surface area contributed by atoms with Crippen LogP contribution in [-0.4, -0.2) is 48.5 Å². The van der Waals surface area contributed by atoms with E-state index in [1.54, 1.807) is 36.7 Å². The van der Waals surface area contributed by atoms with Crippen LogP contribution in [0.2, 0.25) is 0 Å². The Balaban J connectivity index is 1.67. The van der Waals surface area contributed by atoms with Crippen molar-refractivity contribution in [1.82, 2.24) is 14.3 Å². The molecule has 128 valence electrons. The Hall–Kier alpha value is -2.19. The molecule has 0 radical (unpaired) electrons. The van der Waals surface area contributed by atoms with Gasteiger partial charge >= 0.3 is 0 Å². The van der Waals surface area contributed by atoms with E-state index in [0.717, 1.165) is 0 Å². The highest BCUT2D eigenvalue weighted by atomic mass is 32.2. The topological polar surface area (TPSA) is 81.6 Å². The second-order valence-corrected chi connectivity index (χ2v) is 7.28. The molecule has 1 unspecified atom stereocenters. The quantitative estimate of drug-likeness (QED) is 0.790. The first-order chi connectivity index (χ1) is 11.6. The molecule has 0 spiro atoms. The second kappa shape index (κ2) is 7.14. The van der Waals surface area contributed by atoms with Crippen LogP contribution in [0, 0.1) is 0 Å². The number of ether oxygens (including phenoxy) is 2. The van der Waals surface area contributed by atoms with E-state index in [4.69, 9.17) is 9.47 Å². The first-order valence-corrected chi connectivity index (χ1v) is 9.19. The zero-order valence-corrected chi connectivity index (χ0v) is 14.1. The molecule has 0 amide bonds. The van der Waals surface area contributed by atoms with Gasteiger partial charge in [0.2, 0.25) is 15.9 Å². The summed E-state index contributed by atoms with van der Waals surface area (Å²) in [5, 5.41) is 0. The first kappa shape index (κ1) is 16.7. The number of hydrogen-bond donors (Lipinski definition) is 0. The summed E-state index contributed by atoms with van der Waals surface area (Å²) in [5.74, 6) is 1.06. The van der Waals surface area contributed by atoms with E-state index in [2.05, 4.69) is 9.97 Å². The third-order valence-electron chi connectivity index (χ3n) is 3.71. The number of benzene rings is 1. The predicted octanol–water partition coefficient (Wildman–Crippen LogP) is 1.72. The highest BCUT2D eigenvalue weighted by Crippen LogP contribution is 2.24. The first-order valence-electron chi connectivity index (χ1n) is 7.75. The van der Waals surface area contributed by atoms with Crippen LogP contribution >= 0.6 is 0 Å². The van der Waals surface area contributed by atoms with Gasteiger partial charge in [0.15, 0.2) is 0 Å². The van der Waals surface area contributed by atoms with Crippen molar-refractivity contribution in [3.8, 4) is 11.6 Å². The maximum Gasteiger partial charge on any atom is 0.243 e. The van der Waals surface area contributed by atoms with Crippen LogP contribution in [0.15, 0.2) is 47.8 Å². The molecular weight excluding hydrogens is 330 g/mol. The summed E-state index contributed by atoms with van der Waals surface area (Å²) in [4.78, 5) is 8.24. The van der Waals surface area contributed by atoms with Gasteiger partial charge in [-0.1, -0.05) is 0 Å². The average Bonchev–Trinajstić information content (AvgIpc) is 3.06. The monoisotopic (exact) mass is 349 g/mol. The van der Waals surface area contributed by atoms with Crippen molar-refractivity contribution in [3.05, 3.63) is 42.9 Å². The minimum absolute atomic E-state index is 0.223. The molecule has 1 aliphatic heterocycles. The van der Waals surface area contributed by atoms with Gasteiger partial charge in [-0.25, -0.2) is 13.4 Å². The summed E-state index contributed by atoms with van der Waals surface area (Å²) in [7, 11) is -3.53. The Morgan fingerprint density at radius 2 is 2.04 bits per heavy atom. The predicted molar refractivity (Wildman–Crippen MR) is 87.4 cm³/mol. The molecule has 24 heavy (non-hydrogen) atoms. The number of sulfonamides is 1. The Bertz CT molecular complexity index is 766. The third-order valence-corrected chi connectivity index (χ3v) is 5.59. The molecule has 1 atom stereocenters. The largest absolute Gasteiger partial charge is 0.494 e. The molecule has 2 heterocycles. The third kappa shape index (κ3) is 3.65. The van der Waals surface area contributed by atoms with Crippen molar-refractivity contribution >= 4 is 10.0 Å². The van der Waals surface area contributed by atoms with Gasteiger partial charge in [-0.2, -0.15) is 4.31 Å². The van der Waals surface area contributed by atoms with Gasteiger partial charge in [-0.05, 0) is 37.6 Å². The van der Waals surface area contributed by atoms with Crippen LogP contribution in [0.4, 0.5) is 0 Å². The standard InChI is InChI=1S/C16H19N3O4S/c1-2-22-13-3-5-15(6-4-13)24(20,21)19-10-7-14(12-19)23-16-11-17-8-9-18-16/h3-6,8-9,11,14H,2,7,10,12H2,1H3. The molecular formula is C16H19N3O4S.